The van der Waals surface area contributed by atoms with Crippen LogP contribution in [0.4, 0.5) is 5.69 Å². The summed E-state index contributed by atoms with van der Waals surface area (Å²) >= 11 is 1.85. The van der Waals surface area contributed by atoms with Gasteiger partial charge in [0.15, 0.2) is 0 Å². The molecule has 3 nitrogen and oxygen atoms in total. The second kappa shape index (κ2) is 15.0. The van der Waals surface area contributed by atoms with E-state index in [0.717, 1.165) is 17.6 Å². The molecule has 0 amide bonds. The molecule has 34 heavy (non-hydrogen) atoms. The molecule has 0 N–H and O–H groups in total. The smallest absolute Gasteiger partial charge is 0.204 e. The molecule has 0 aromatic heterocycles. The van der Waals surface area contributed by atoms with Crippen molar-refractivity contribution in [3.63, 3.8) is 0 Å². The first kappa shape index (κ1) is 29.0. The lowest BCUT2D eigenvalue weighted by Crippen LogP contribution is -3.00. The third-order valence-electron chi connectivity index (χ3n) is 6.61. The number of unbranched alkanes of at least 4 members (excludes halogenated alkanes) is 10. The number of fused-ring (bicyclic) bond motifs is 2. The van der Waals surface area contributed by atoms with Crippen molar-refractivity contribution in [2.45, 2.75) is 84.0 Å². The Morgan fingerprint density at radius 2 is 1.44 bits per heavy atom. The van der Waals surface area contributed by atoms with Crippen LogP contribution >= 0.6 is 11.3 Å². The number of benzene rings is 2. The molecule has 0 saturated heterocycles. The van der Waals surface area contributed by atoms with Gasteiger partial charge in [-0.05, 0) is 37.1 Å². The maximum atomic E-state index is 5.02. The van der Waals surface area contributed by atoms with Crippen LogP contribution in [0.25, 0.3) is 20.8 Å². The fourth-order valence-corrected chi connectivity index (χ4v) is 5.58. The summed E-state index contributed by atoms with van der Waals surface area (Å²) in [5, 5.41) is 1.34. The van der Waals surface area contributed by atoms with Crippen LogP contribution in [0.1, 0.15) is 83.1 Å². The first-order valence-electron chi connectivity index (χ1n) is 13.0. The Bertz CT molecular complexity index is 1050. The summed E-state index contributed by atoms with van der Waals surface area (Å²) in [6, 6.07) is 11.3. The molecule has 0 fully saturated rings. The van der Waals surface area contributed by atoms with E-state index < -0.39 is 0 Å². The number of aromatic nitrogens is 1. The first-order valence-corrected chi connectivity index (χ1v) is 13.9. The largest absolute Gasteiger partial charge is 1.00 e. The highest BCUT2D eigenvalue weighted by atomic mass is 127. The van der Waals surface area contributed by atoms with Crippen molar-refractivity contribution < 1.29 is 24.0 Å². The molecule has 188 valence electrons. The Balaban J connectivity index is 0.00000408. The zero-order valence-corrected chi connectivity index (χ0v) is 25.0. The minimum absolute atomic E-state index is 0. The van der Waals surface area contributed by atoms with E-state index in [0.29, 0.717) is 0 Å². The fraction of sp³-hybridized carbons (Fsp3) is 0.586. The summed E-state index contributed by atoms with van der Waals surface area (Å²) in [4.78, 5) is 8.44. The molecule has 1 heterocycles. The highest BCUT2D eigenvalue weighted by Gasteiger charge is 2.14. The Hall–Kier alpha value is -1.21. The molecular weight excluding hydrogens is 549 g/mol. The number of anilines is 1. The summed E-state index contributed by atoms with van der Waals surface area (Å²) in [7, 11) is 8.50. The van der Waals surface area contributed by atoms with Crippen LogP contribution in [0, 0.1) is 0 Å². The quantitative estimate of drug-likeness (QED) is 0.127. The third kappa shape index (κ3) is 8.47. The minimum atomic E-state index is 0. The van der Waals surface area contributed by atoms with E-state index in [4.69, 9.17) is 4.98 Å². The Labute approximate surface area is 228 Å². The Morgan fingerprint density at radius 1 is 0.824 bits per heavy atom. The molecule has 1 aromatic carbocycles. The zero-order chi connectivity index (χ0) is 23.6. The minimum Gasteiger partial charge on any atom is -1.00 e. The molecule has 0 spiro atoms. The average molecular weight is 594 g/mol. The van der Waals surface area contributed by atoms with Gasteiger partial charge in [-0.25, -0.2) is 9.56 Å². The van der Waals surface area contributed by atoms with Crippen molar-refractivity contribution in [2.24, 2.45) is 0 Å². The van der Waals surface area contributed by atoms with Gasteiger partial charge >= 0.3 is 0 Å². The van der Waals surface area contributed by atoms with Gasteiger partial charge in [0.05, 0.1) is 20.8 Å². The van der Waals surface area contributed by atoms with Gasteiger partial charge in [-0.2, -0.15) is 0 Å². The summed E-state index contributed by atoms with van der Waals surface area (Å²) in [5.41, 5.74) is 4.89. The summed E-state index contributed by atoms with van der Waals surface area (Å²) in [6.07, 6.45) is 16.4. The number of hydrogen-bond acceptors (Lipinski definition) is 3. The molecule has 5 heteroatoms. The van der Waals surface area contributed by atoms with Gasteiger partial charge in [0, 0.05) is 31.4 Å². The lowest BCUT2D eigenvalue weighted by atomic mass is 10.0. The van der Waals surface area contributed by atoms with Crippen molar-refractivity contribution in [1.82, 2.24) is 9.56 Å². The number of aryl methyl sites for hydroxylation is 1. The summed E-state index contributed by atoms with van der Waals surface area (Å²) < 4.78 is 3.51. The highest BCUT2D eigenvalue weighted by molar-refractivity contribution is 7.21. The van der Waals surface area contributed by atoms with Gasteiger partial charge in [0.1, 0.15) is 14.1 Å². The number of rotatable bonds is 13. The first-order chi connectivity index (χ1) is 16.0. The van der Waals surface area contributed by atoms with Crippen molar-refractivity contribution in [3.8, 4) is 10.6 Å². The predicted octanol–water partition coefficient (Wildman–Crippen LogP) is 4.36. The van der Waals surface area contributed by atoms with Crippen molar-refractivity contribution in [1.29, 1.82) is 0 Å². The second-order valence-electron chi connectivity index (χ2n) is 9.89. The normalized spacial score (nSPS) is 11.1. The molecule has 3 rings (SSSR count). The van der Waals surface area contributed by atoms with Gasteiger partial charge in [-0.3, -0.25) is 0 Å². The SMILES string of the molecule is CCCCCCCCCCCCCc1cc2nc3ccc(N(C)C)cc3sc-2cc1=[N+](C)C.[I-]. The zero-order valence-electron chi connectivity index (χ0n) is 22.0. The van der Waals surface area contributed by atoms with Crippen LogP contribution < -0.4 is 38.8 Å². The van der Waals surface area contributed by atoms with Gasteiger partial charge in [0.25, 0.3) is 0 Å². The Morgan fingerprint density at radius 3 is 2.03 bits per heavy atom. The van der Waals surface area contributed by atoms with Crippen LogP contribution in [-0.4, -0.2) is 33.2 Å². The van der Waals surface area contributed by atoms with Gasteiger partial charge in [-0.1, -0.05) is 71.1 Å². The van der Waals surface area contributed by atoms with Gasteiger partial charge in [-0.15, -0.1) is 11.3 Å². The van der Waals surface area contributed by atoms with Crippen LogP contribution in [-0.2, 0) is 6.42 Å². The van der Waals surface area contributed by atoms with E-state index in [-0.39, 0.29) is 24.0 Å². The number of nitrogens with zero attached hydrogens (tertiary/aromatic N) is 3. The van der Waals surface area contributed by atoms with E-state index in [1.807, 2.05) is 11.3 Å². The van der Waals surface area contributed by atoms with E-state index in [1.54, 1.807) is 0 Å². The van der Waals surface area contributed by atoms with E-state index in [1.165, 1.54) is 96.8 Å². The fourth-order valence-electron chi connectivity index (χ4n) is 4.57. The standard InChI is InChI=1S/C29H44N3S.HI/c1-6-7-8-9-10-11-12-13-14-15-16-17-23-20-26-29(22-27(23)32(4)5)33-28-21-24(31(2)3)18-19-25(28)30-26;/h18-22H,6-17H2,1-5H3;1H/q+1;/p-1. The second-order valence-corrected chi connectivity index (χ2v) is 11.0. The van der Waals surface area contributed by atoms with Gasteiger partial charge in [0.2, 0.25) is 5.36 Å². The van der Waals surface area contributed by atoms with Crippen molar-refractivity contribution in [2.75, 3.05) is 33.1 Å². The maximum Gasteiger partial charge on any atom is 0.204 e. The van der Waals surface area contributed by atoms with Crippen molar-refractivity contribution >= 4 is 27.2 Å². The highest BCUT2D eigenvalue weighted by Crippen LogP contribution is 2.32. The molecule has 0 saturated carbocycles. The van der Waals surface area contributed by atoms with E-state index >= 15 is 0 Å². The molecule has 0 atom stereocenters. The molecule has 1 aliphatic heterocycles. The van der Waals surface area contributed by atoms with E-state index in [9.17, 15) is 0 Å². The molecule has 0 radical (unpaired) electrons. The van der Waals surface area contributed by atoms with Crippen LogP contribution in [0.2, 0.25) is 0 Å². The lowest BCUT2D eigenvalue weighted by Gasteiger charge is -2.14. The average Bonchev–Trinajstić information content (AvgIpc) is 2.80. The van der Waals surface area contributed by atoms with Gasteiger partial charge < -0.3 is 28.9 Å². The lowest BCUT2D eigenvalue weighted by molar-refractivity contribution is -0.00000702. The predicted molar refractivity (Wildman–Crippen MR) is 148 cm³/mol. The molecule has 2 aliphatic rings. The van der Waals surface area contributed by atoms with Crippen molar-refractivity contribution in [3.05, 3.63) is 41.3 Å². The molecular formula is C29H44IN3S. The van der Waals surface area contributed by atoms with Crippen LogP contribution in [0.3, 0.4) is 0 Å². The number of hydrogen-bond donors (Lipinski definition) is 0. The Kier molecular flexibility index (Phi) is 12.8. The summed E-state index contributed by atoms with van der Waals surface area (Å²) in [6.45, 7) is 2.29. The summed E-state index contributed by atoms with van der Waals surface area (Å²) in [5.74, 6) is 0. The molecule has 1 aromatic rings. The molecule has 0 bridgehead atoms. The van der Waals surface area contributed by atoms with Crippen LogP contribution in [0.5, 0.6) is 0 Å². The number of halogens is 1. The molecule has 1 aliphatic carbocycles. The van der Waals surface area contributed by atoms with Crippen LogP contribution in [0.15, 0.2) is 30.3 Å². The third-order valence-corrected chi connectivity index (χ3v) is 7.71. The van der Waals surface area contributed by atoms with E-state index in [2.05, 4.69) is 74.9 Å². The topological polar surface area (TPSA) is 19.1 Å². The maximum absolute atomic E-state index is 5.02. The monoisotopic (exact) mass is 593 g/mol. The molecule has 0 unspecified atom stereocenters.